The summed E-state index contributed by atoms with van der Waals surface area (Å²) in [6.45, 7) is 5.23. The maximum absolute atomic E-state index is 13.0. The number of amides is 1. The lowest BCUT2D eigenvalue weighted by atomic mass is 9.65. The lowest BCUT2D eigenvalue weighted by molar-refractivity contribution is -0.166. The second-order valence-electron chi connectivity index (χ2n) is 9.94. The van der Waals surface area contributed by atoms with Crippen LogP contribution in [0.4, 0.5) is 0 Å². The van der Waals surface area contributed by atoms with E-state index in [1.165, 1.54) is 26.0 Å². The smallest absolute Gasteiger partial charge is 0.336 e. The van der Waals surface area contributed by atoms with Crippen LogP contribution in [-0.4, -0.2) is 56.6 Å². The summed E-state index contributed by atoms with van der Waals surface area (Å²) in [7, 11) is 1.39. The van der Waals surface area contributed by atoms with Gasteiger partial charge in [-0.2, -0.15) is 0 Å². The molecule has 2 fully saturated rings. The lowest BCUT2D eigenvalue weighted by Gasteiger charge is -2.40. The number of rotatable bonds is 6. The summed E-state index contributed by atoms with van der Waals surface area (Å²) in [5, 5.41) is 30.8. The van der Waals surface area contributed by atoms with E-state index in [-0.39, 0.29) is 11.5 Å². The second-order valence-corrected chi connectivity index (χ2v) is 9.94. The molecule has 0 aromatic heterocycles. The van der Waals surface area contributed by atoms with Crippen molar-refractivity contribution in [1.82, 2.24) is 4.90 Å². The fourth-order valence-corrected chi connectivity index (χ4v) is 5.44. The fourth-order valence-electron chi connectivity index (χ4n) is 5.44. The van der Waals surface area contributed by atoms with Crippen molar-refractivity contribution in [1.29, 1.82) is 0 Å². The molecule has 0 aromatic rings. The third-order valence-electron chi connectivity index (χ3n) is 7.75. The summed E-state index contributed by atoms with van der Waals surface area (Å²) < 4.78 is 0. The van der Waals surface area contributed by atoms with E-state index in [1.807, 2.05) is 6.08 Å². The van der Waals surface area contributed by atoms with Gasteiger partial charge in [0.2, 0.25) is 0 Å². The minimum Gasteiger partial charge on any atom is -0.507 e. The molecule has 0 unspecified atom stereocenters. The zero-order valence-electron chi connectivity index (χ0n) is 19.3. The number of likely N-dealkylation sites (N-methyl/N-ethyl adjacent to an activating group) is 1. The molecule has 6 atom stereocenters. The van der Waals surface area contributed by atoms with Crippen LogP contribution in [0.2, 0.25) is 0 Å². The molecular weight excluding hydrogens is 410 g/mol. The fraction of sp³-hybridized carbons (Fsp3) is 0.640. The molecule has 0 spiro atoms. The number of ketones is 1. The molecule has 0 aromatic carbocycles. The van der Waals surface area contributed by atoms with E-state index in [9.17, 15) is 29.7 Å². The Labute approximate surface area is 189 Å². The topological polar surface area (TPSA) is 115 Å². The van der Waals surface area contributed by atoms with E-state index in [1.54, 1.807) is 13.8 Å². The van der Waals surface area contributed by atoms with E-state index >= 15 is 0 Å². The van der Waals surface area contributed by atoms with Gasteiger partial charge in [-0.3, -0.25) is 9.59 Å². The molecule has 7 heteroatoms. The zero-order chi connectivity index (χ0) is 23.8. The van der Waals surface area contributed by atoms with Crippen molar-refractivity contribution in [3.05, 3.63) is 35.6 Å². The second kappa shape index (κ2) is 9.22. The standard InChI is InChI=1S/C25H35NO6/c1-14(2)25(32,24(30)31)13-19-22(28)21(23(29)26(19)4)20(27)12-11-17-15(3)9-10-16-7-5-6-8-18(16)17/h9-12,14-19,27,32H,5-8,13H2,1-4H3,(H,30,31)/t15-,16+,17-,18-,19-,25+/m0/s1. The number of carboxylic acid groups (broad SMARTS) is 1. The van der Waals surface area contributed by atoms with Crippen LogP contribution in [0.15, 0.2) is 35.6 Å². The van der Waals surface area contributed by atoms with Crippen LogP contribution in [0.5, 0.6) is 0 Å². The van der Waals surface area contributed by atoms with Crippen LogP contribution < -0.4 is 0 Å². The average Bonchev–Trinajstić information content (AvgIpc) is 2.95. The number of nitrogens with zero attached hydrogens (tertiary/aromatic N) is 1. The Morgan fingerprint density at radius 1 is 1.22 bits per heavy atom. The van der Waals surface area contributed by atoms with E-state index < -0.39 is 47.4 Å². The van der Waals surface area contributed by atoms with E-state index in [0.717, 1.165) is 17.7 Å². The zero-order valence-corrected chi connectivity index (χ0v) is 19.3. The monoisotopic (exact) mass is 445 g/mol. The number of hydrogen-bond donors (Lipinski definition) is 3. The quantitative estimate of drug-likeness (QED) is 0.250. The maximum Gasteiger partial charge on any atom is 0.336 e. The number of likely N-dealkylation sites (tertiary alicyclic amines) is 1. The summed E-state index contributed by atoms with van der Waals surface area (Å²) >= 11 is 0. The minimum atomic E-state index is -2.16. The van der Waals surface area contributed by atoms with Gasteiger partial charge in [0.15, 0.2) is 11.4 Å². The molecule has 1 aliphatic heterocycles. The van der Waals surface area contributed by atoms with Gasteiger partial charge in [0.05, 0.1) is 6.04 Å². The third-order valence-corrected chi connectivity index (χ3v) is 7.75. The van der Waals surface area contributed by atoms with Gasteiger partial charge in [0, 0.05) is 13.5 Å². The third kappa shape index (κ3) is 4.27. The first-order valence-corrected chi connectivity index (χ1v) is 11.6. The number of carboxylic acids is 1. The SMILES string of the molecule is CC(C)[C@](O)(C[C@H]1C(=O)C(=C(O)C=C[C@@H]2[C@H]3CCCC[C@@H]3C=C[C@@H]2C)C(=O)N1C)C(=O)O. The van der Waals surface area contributed by atoms with E-state index in [0.29, 0.717) is 17.8 Å². The number of fused-ring (bicyclic) bond motifs is 1. The van der Waals surface area contributed by atoms with Gasteiger partial charge in [-0.15, -0.1) is 0 Å². The maximum atomic E-state index is 13.0. The molecule has 1 saturated carbocycles. The van der Waals surface area contributed by atoms with Crippen LogP contribution in [0, 0.1) is 29.6 Å². The number of carbonyl (C=O) groups excluding carboxylic acids is 2. The highest BCUT2D eigenvalue weighted by Crippen LogP contribution is 2.43. The molecule has 1 amide bonds. The first-order valence-electron chi connectivity index (χ1n) is 11.6. The highest BCUT2D eigenvalue weighted by Gasteiger charge is 2.50. The van der Waals surface area contributed by atoms with Crippen molar-refractivity contribution < 1.29 is 29.7 Å². The van der Waals surface area contributed by atoms with Crippen molar-refractivity contribution in [3.63, 3.8) is 0 Å². The van der Waals surface area contributed by atoms with Crippen molar-refractivity contribution in [2.45, 2.75) is 64.5 Å². The average molecular weight is 446 g/mol. The molecule has 3 rings (SSSR count). The van der Waals surface area contributed by atoms with Crippen LogP contribution >= 0.6 is 0 Å². The van der Waals surface area contributed by atoms with Crippen LogP contribution in [-0.2, 0) is 14.4 Å². The molecule has 1 heterocycles. The van der Waals surface area contributed by atoms with Gasteiger partial charge in [0.25, 0.3) is 5.91 Å². The van der Waals surface area contributed by atoms with E-state index in [4.69, 9.17) is 0 Å². The van der Waals surface area contributed by atoms with Gasteiger partial charge in [-0.1, -0.05) is 51.8 Å². The Bertz CT molecular complexity index is 872. The molecular formula is C25H35NO6. The summed E-state index contributed by atoms with van der Waals surface area (Å²) in [5.74, 6) is -2.30. The van der Waals surface area contributed by atoms with Crippen molar-refractivity contribution in [3.8, 4) is 0 Å². The molecule has 3 N–H and O–H groups in total. The van der Waals surface area contributed by atoms with Crippen LogP contribution in [0.1, 0.15) is 52.9 Å². The molecule has 3 aliphatic rings. The summed E-state index contributed by atoms with van der Waals surface area (Å²) in [6.07, 6.45) is 12.1. The first kappa shape index (κ1) is 24.2. The molecule has 0 bridgehead atoms. The number of aliphatic carboxylic acids is 1. The molecule has 7 nitrogen and oxygen atoms in total. The van der Waals surface area contributed by atoms with Crippen molar-refractivity contribution in [2.24, 2.45) is 29.6 Å². The number of aliphatic hydroxyl groups excluding tert-OH is 1. The van der Waals surface area contributed by atoms with Gasteiger partial charge in [-0.05, 0) is 48.5 Å². The van der Waals surface area contributed by atoms with Gasteiger partial charge in [-0.25, -0.2) is 4.79 Å². The molecule has 176 valence electrons. The minimum absolute atomic E-state index is 0.214. The molecule has 32 heavy (non-hydrogen) atoms. The Morgan fingerprint density at radius 2 is 1.88 bits per heavy atom. The molecule has 0 radical (unpaired) electrons. The predicted octanol–water partition coefficient (Wildman–Crippen LogP) is 3.25. The van der Waals surface area contributed by atoms with Crippen molar-refractivity contribution in [2.75, 3.05) is 7.05 Å². The van der Waals surface area contributed by atoms with Gasteiger partial charge >= 0.3 is 5.97 Å². The number of carbonyl (C=O) groups is 3. The van der Waals surface area contributed by atoms with Gasteiger partial charge < -0.3 is 20.2 Å². The molecule has 1 saturated heterocycles. The normalized spacial score (nSPS) is 34.2. The van der Waals surface area contributed by atoms with Crippen LogP contribution in [0.25, 0.3) is 0 Å². The first-order chi connectivity index (χ1) is 15.0. The Kier molecular flexibility index (Phi) is 6.98. The predicted molar refractivity (Wildman–Crippen MR) is 120 cm³/mol. The number of aliphatic hydroxyl groups is 2. The van der Waals surface area contributed by atoms with Crippen molar-refractivity contribution >= 4 is 17.7 Å². The highest BCUT2D eigenvalue weighted by molar-refractivity contribution is 6.27. The molecule has 2 aliphatic carbocycles. The number of allylic oxidation sites excluding steroid dienone is 4. The Balaban J connectivity index is 1.85. The highest BCUT2D eigenvalue weighted by atomic mass is 16.4. The summed E-state index contributed by atoms with van der Waals surface area (Å²) in [6, 6.07) is -1.14. The number of hydrogen-bond acceptors (Lipinski definition) is 5. The summed E-state index contributed by atoms with van der Waals surface area (Å²) in [4.78, 5) is 38.5. The summed E-state index contributed by atoms with van der Waals surface area (Å²) in [5.41, 5.74) is -2.50. The Morgan fingerprint density at radius 3 is 2.50 bits per heavy atom. The van der Waals surface area contributed by atoms with E-state index in [2.05, 4.69) is 19.1 Å². The number of Topliss-reactive ketones (excluding diaryl/α,β-unsaturated/α-hetero) is 1. The Hall–Kier alpha value is -2.41. The van der Waals surface area contributed by atoms with Crippen LogP contribution in [0.3, 0.4) is 0 Å². The lowest BCUT2D eigenvalue weighted by Crippen LogP contribution is -2.49. The van der Waals surface area contributed by atoms with Gasteiger partial charge in [0.1, 0.15) is 11.3 Å². The largest absolute Gasteiger partial charge is 0.507 e.